The Bertz CT molecular complexity index is 424. The summed E-state index contributed by atoms with van der Waals surface area (Å²) in [7, 11) is 0. The molecule has 5 heteroatoms. The van der Waals surface area contributed by atoms with Crippen LogP contribution in [0.15, 0.2) is 0 Å². The van der Waals surface area contributed by atoms with E-state index in [1.807, 2.05) is 0 Å². The van der Waals surface area contributed by atoms with Crippen molar-refractivity contribution in [3.05, 3.63) is 0 Å². The third-order valence-electron chi connectivity index (χ3n) is 4.31. The van der Waals surface area contributed by atoms with E-state index in [0.29, 0.717) is 6.42 Å². The van der Waals surface area contributed by atoms with Gasteiger partial charge in [-0.2, -0.15) is 0 Å². The lowest BCUT2D eigenvalue weighted by Crippen LogP contribution is -2.69. The van der Waals surface area contributed by atoms with Gasteiger partial charge in [-0.15, -0.1) is 0 Å². The lowest BCUT2D eigenvalue weighted by atomic mass is 9.66. The molecule has 1 N–H and O–H groups in total. The summed E-state index contributed by atoms with van der Waals surface area (Å²) in [6, 6.07) is -0.792. The molecule has 3 aliphatic rings. The fourth-order valence-corrected chi connectivity index (χ4v) is 3.66. The number of carbonyl (C=O) groups is 2. The molecule has 1 saturated carbocycles. The number of amides is 1. The molecule has 114 valence electrons. The Hall–Kier alpha value is -1.10. The number of ketones is 1. The molecule has 1 aliphatic carbocycles. The lowest BCUT2D eigenvalue weighted by molar-refractivity contribution is -0.157. The fraction of sp³-hybridized carbons (Fsp3) is 0.867. The summed E-state index contributed by atoms with van der Waals surface area (Å²) >= 11 is 0. The standard InChI is InChI=1S/C15H25NO4/c1-9(17)12-10-6-7-11(15(5,19)8-10)16(12)13(18)20-14(2,3)4/h10-12,19H,6-8H2,1-5H3/t10-,11+,12-,15?/m1/s1. The van der Waals surface area contributed by atoms with Crippen LogP contribution in [0.5, 0.6) is 0 Å². The van der Waals surface area contributed by atoms with Gasteiger partial charge in [-0.05, 0) is 59.8 Å². The zero-order chi connectivity index (χ0) is 15.3. The number of nitrogens with zero attached hydrogens (tertiary/aromatic N) is 1. The molecular weight excluding hydrogens is 258 g/mol. The summed E-state index contributed by atoms with van der Waals surface area (Å²) in [4.78, 5) is 25.9. The Balaban J connectivity index is 2.31. The smallest absolute Gasteiger partial charge is 0.411 e. The van der Waals surface area contributed by atoms with Crippen LogP contribution in [-0.2, 0) is 9.53 Å². The van der Waals surface area contributed by atoms with E-state index in [-0.39, 0.29) is 17.7 Å². The van der Waals surface area contributed by atoms with Crippen molar-refractivity contribution in [1.82, 2.24) is 4.90 Å². The summed E-state index contributed by atoms with van der Waals surface area (Å²) in [5, 5.41) is 10.5. The molecule has 3 rings (SSSR count). The highest BCUT2D eigenvalue weighted by atomic mass is 16.6. The molecular formula is C15H25NO4. The summed E-state index contributed by atoms with van der Waals surface area (Å²) in [5.74, 6) is 0.000998. The number of fused-ring (bicyclic) bond motifs is 3. The molecule has 0 spiro atoms. The van der Waals surface area contributed by atoms with Gasteiger partial charge in [-0.3, -0.25) is 9.69 Å². The van der Waals surface area contributed by atoms with Crippen LogP contribution < -0.4 is 0 Å². The van der Waals surface area contributed by atoms with E-state index in [1.165, 1.54) is 11.8 Å². The van der Waals surface area contributed by atoms with E-state index >= 15 is 0 Å². The average molecular weight is 283 g/mol. The third-order valence-corrected chi connectivity index (χ3v) is 4.31. The van der Waals surface area contributed by atoms with Gasteiger partial charge >= 0.3 is 6.09 Å². The molecule has 3 fully saturated rings. The van der Waals surface area contributed by atoms with Gasteiger partial charge in [0, 0.05) is 0 Å². The van der Waals surface area contributed by atoms with Gasteiger partial charge < -0.3 is 9.84 Å². The molecule has 2 saturated heterocycles. The zero-order valence-electron chi connectivity index (χ0n) is 13.0. The topological polar surface area (TPSA) is 66.8 Å². The van der Waals surface area contributed by atoms with Gasteiger partial charge in [0.15, 0.2) is 5.78 Å². The van der Waals surface area contributed by atoms with Gasteiger partial charge in [-0.1, -0.05) is 0 Å². The molecule has 0 radical (unpaired) electrons. The van der Waals surface area contributed by atoms with E-state index in [1.54, 1.807) is 27.7 Å². The fourth-order valence-electron chi connectivity index (χ4n) is 3.66. The summed E-state index contributed by atoms with van der Waals surface area (Å²) in [6.45, 7) is 8.66. The highest BCUT2D eigenvalue weighted by Gasteiger charge is 2.56. The Morgan fingerprint density at radius 1 is 1.30 bits per heavy atom. The Labute approximate surface area is 120 Å². The maximum Gasteiger partial charge on any atom is 0.411 e. The van der Waals surface area contributed by atoms with Crippen molar-refractivity contribution >= 4 is 11.9 Å². The van der Waals surface area contributed by atoms with Gasteiger partial charge in [0.05, 0.1) is 17.7 Å². The number of carbonyl (C=O) groups excluding carboxylic acids is 2. The van der Waals surface area contributed by atoms with Crippen LogP contribution in [-0.4, -0.2) is 45.2 Å². The van der Waals surface area contributed by atoms with E-state index in [0.717, 1.165) is 12.8 Å². The number of ether oxygens (including phenoxy) is 1. The first-order valence-corrected chi connectivity index (χ1v) is 7.27. The minimum Gasteiger partial charge on any atom is -0.444 e. The van der Waals surface area contributed by atoms with Crippen LogP contribution in [0.3, 0.4) is 0 Å². The molecule has 5 nitrogen and oxygen atoms in total. The average Bonchev–Trinajstić information content (AvgIpc) is 2.24. The van der Waals surface area contributed by atoms with Gasteiger partial charge in [0.1, 0.15) is 5.60 Å². The predicted octanol–water partition coefficient (Wildman–Crippen LogP) is 2.11. The van der Waals surface area contributed by atoms with E-state index in [2.05, 4.69) is 0 Å². The number of rotatable bonds is 1. The normalized spacial score (nSPS) is 36.9. The van der Waals surface area contributed by atoms with E-state index in [4.69, 9.17) is 4.74 Å². The van der Waals surface area contributed by atoms with Crippen molar-refractivity contribution in [1.29, 1.82) is 0 Å². The molecule has 2 bridgehead atoms. The van der Waals surface area contributed by atoms with Gasteiger partial charge in [-0.25, -0.2) is 4.79 Å². The van der Waals surface area contributed by atoms with Crippen molar-refractivity contribution in [2.24, 2.45) is 5.92 Å². The second kappa shape index (κ2) is 4.72. The first-order valence-electron chi connectivity index (χ1n) is 7.27. The zero-order valence-corrected chi connectivity index (χ0v) is 13.0. The van der Waals surface area contributed by atoms with Crippen LogP contribution in [0.25, 0.3) is 0 Å². The minimum atomic E-state index is -0.939. The maximum atomic E-state index is 12.4. The summed E-state index contributed by atoms with van der Waals surface area (Å²) in [5.41, 5.74) is -1.55. The second-order valence-electron chi connectivity index (χ2n) is 7.36. The van der Waals surface area contributed by atoms with Crippen LogP contribution in [0.1, 0.15) is 53.9 Å². The molecule has 0 aromatic heterocycles. The first kappa shape index (κ1) is 15.3. The molecule has 0 aromatic rings. The Morgan fingerprint density at radius 3 is 2.35 bits per heavy atom. The number of Topliss-reactive ketones (excluding diaryl/α,β-unsaturated/α-hetero) is 1. The Morgan fingerprint density at radius 2 is 1.90 bits per heavy atom. The molecule has 2 aliphatic heterocycles. The SMILES string of the molecule is CC(=O)[C@@H]1[C@@H]2CC[C@H](N1C(=O)OC(C)(C)C)C(C)(O)C2. The maximum absolute atomic E-state index is 12.4. The van der Waals surface area contributed by atoms with Crippen LogP contribution in [0, 0.1) is 5.92 Å². The molecule has 1 amide bonds. The Kier molecular flexibility index (Phi) is 3.61. The van der Waals surface area contributed by atoms with Crippen molar-refractivity contribution in [2.45, 2.75) is 77.2 Å². The summed E-state index contributed by atoms with van der Waals surface area (Å²) in [6.07, 6.45) is 1.68. The largest absolute Gasteiger partial charge is 0.444 e. The molecule has 4 atom stereocenters. The molecule has 0 aromatic carbocycles. The monoisotopic (exact) mass is 283 g/mol. The highest BCUT2D eigenvalue weighted by Crippen LogP contribution is 2.45. The number of piperidine rings is 2. The third kappa shape index (κ3) is 2.68. The van der Waals surface area contributed by atoms with Crippen molar-refractivity contribution in [2.75, 3.05) is 0 Å². The molecule has 2 heterocycles. The molecule has 20 heavy (non-hydrogen) atoms. The van der Waals surface area contributed by atoms with Gasteiger partial charge in [0.2, 0.25) is 0 Å². The van der Waals surface area contributed by atoms with Gasteiger partial charge in [0.25, 0.3) is 0 Å². The van der Waals surface area contributed by atoms with Crippen LogP contribution >= 0.6 is 0 Å². The van der Waals surface area contributed by atoms with E-state index in [9.17, 15) is 14.7 Å². The van der Waals surface area contributed by atoms with Crippen molar-refractivity contribution in [3.8, 4) is 0 Å². The quantitative estimate of drug-likeness (QED) is 0.800. The predicted molar refractivity (Wildman–Crippen MR) is 74.3 cm³/mol. The lowest BCUT2D eigenvalue weighted by Gasteiger charge is -2.56. The minimum absolute atomic E-state index is 0.0268. The second-order valence-corrected chi connectivity index (χ2v) is 7.36. The van der Waals surface area contributed by atoms with Crippen molar-refractivity contribution < 1.29 is 19.4 Å². The number of hydrogen-bond acceptors (Lipinski definition) is 4. The highest BCUT2D eigenvalue weighted by molar-refractivity contribution is 5.86. The van der Waals surface area contributed by atoms with Crippen molar-refractivity contribution in [3.63, 3.8) is 0 Å². The number of aliphatic hydroxyl groups is 1. The first-order chi connectivity index (χ1) is 9.03. The van der Waals surface area contributed by atoms with Crippen LogP contribution in [0.4, 0.5) is 4.79 Å². The number of hydrogen-bond donors (Lipinski definition) is 1. The molecule has 1 unspecified atom stereocenters. The van der Waals surface area contributed by atoms with Crippen LogP contribution in [0.2, 0.25) is 0 Å². The van der Waals surface area contributed by atoms with E-state index < -0.39 is 23.3 Å². The summed E-state index contributed by atoms with van der Waals surface area (Å²) < 4.78 is 5.43.